The lowest BCUT2D eigenvalue weighted by molar-refractivity contribution is -0.132. The summed E-state index contributed by atoms with van der Waals surface area (Å²) in [5, 5.41) is 3.54. The number of rotatable bonds is 5. The Morgan fingerprint density at radius 3 is 2.71 bits per heavy atom. The predicted octanol–water partition coefficient (Wildman–Crippen LogP) is 2.92. The molecule has 1 aromatic rings. The molecule has 1 aliphatic rings. The van der Waals surface area contributed by atoms with E-state index >= 15 is 0 Å². The van der Waals surface area contributed by atoms with Crippen molar-refractivity contribution in [3.63, 3.8) is 0 Å². The fourth-order valence-electron chi connectivity index (χ4n) is 2.99. The van der Waals surface area contributed by atoms with Gasteiger partial charge in [-0.15, -0.1) is 0 Å². The van der Waals surface area contributed by atoms with Crippen LogP contribution in [0, 0.1) is 6.92 Å². The van der Waals surface area contributed by atoms with E-state index in [1.54, 1.807) is 0 Å². The van der Waals surface area contributed by atoms with Crippen LogP contribution in [-0.4, -0.2) is 36.0 Å². The molecule has 1 atom stereocenters. The summed E-state index contributed by atoms with van der Waals surface area (Å²) in [7, 11) is 0. The fourth-order valence-corrected chi connectivity index (χ4v) is 2.99. The third kappa shape index (κ3) is 4.57. The van der Waals surface area contributed by atoms with E-state index in [4.69, 9.17) is 0 Å². The van der Waals surface area contributed by atoms with Gasteiger partial charge in [-0.1, -0.05) is 30.7 Å². The standard InChI is InChI=1S/C18H28N2O/c1-14(2)20(13-17-10-6-7-11-19-17)18(21)12-16-9-5-4-8-15(16)3/h4-5,8-9,14,17,19H,6-7,10-13H2,1-3H3. The lowest BCUT2D eigenvalue weighted by Gasteiger charge is -2.33. The molecule has 1 unspecified atom stereocenters. The van der Waals surface area contributed by atoms with E-state index in [0.717, 1.165) is 18.7 Å². The Morgan fingerprint density at radius 1 is 1.33 bits per heavy atom. The Bertz CT molecular complexity index is 464. The fraction of sp³-hybridized carbons (Fsp3) is 0.611. The lowest BCUT2D eigenvalue weighted by atomic mass is 10.0. The van der Waals surface area contributed by atoms with E-state index < -0.39 is 0 Å². The summed E-state index contributed by atoms with van der Waals surface area (Å²) >= 11 is 0. The van der Waals surface area contributed by atoms with Gasteiger partial charge in [0.2, 0.25) is 5.91 Å². The lowest BCUT2D eigenvalue weighted by Crippen LogP contribution is -2.48. The van der Waals surface area contributed by atoms with Gasteiger partial charge in [-0.3, -0.25) is 4.79 Å². The summed E-state index contributed by atoms with van der Waals surface area (Å²) in [5.74, 6) is 0.242. The highest BCUT2D eigenvalue weighted by Crippen LogP contribution is 2.14. The first-order valence-electron chi connectivity index (χ1n) is 8.15. The van der Waals surface area contributed by atoms with Gasteiger partial charge in [0.15, 0.2) is 0 Å². The molecule has 0 spiro atoms. The second kappa shape index (κ2) is 7.60. The van der Waals surface area contributed by atoms with Crippen LogP contribution in [0.2, 0.25) is 0 Å². The number of aryl methyl sites for hydroxylation is 1. The van der Waals surface area contributed by atoms with Crippen LogP contribution in [0.5, 0.6) is 0 Å². The van der Waals surface area contributed by atoms with E-state index in [1.165, 1.54) is 24.8 Å². The van der Waals surface area contributed by atoms with Gasteiger partial charge in [0.25, 0.3) is 0 Å². The van der Waals surface area contributed by atoms with Gasteiger partial charge in [0, 0.05) is 18.6 Å². The first-order chi connectivity index (χ1) is 10.1. The Hall–Kier alpha value is -1.35. The van der Waals surface area contributed by atoms with Gasteiger partial charge >= 0.3 is 0 Å². The van der Waals surface area contributed by atoms with Crippen LogP contribution < -0.4 is 5.32 Å². The molecule has 1 amide bonds. The average molecular weight is 288 g/mol. The van der Waals surface area contributed by atoms with Crippen molar-refractivity contribution >= 4 is 5.91 Å². The monoisotopic (exact) mass is 288 g/mol. The average Bonchev–Trinajstić information content (AvgIpc) is 2.48. The maximum absolute atomic E-state index is 12.7. The van der Waals surface area contributed by atoms with Crippen molar-refractivity contribution in [3.05, 3.63) is 35.4 Å². The maximum atomic E-state index is 12.7. The Labute approximate surface area is 128 Å². The number of carbonyl (C=O) groups excluding carboxylic acids is 1. The molecular formula is C18H28N2O. The van der Waals surface area contributed by atoms with E-state index in [2.05, 4.69) is 38.2 Å². The van der Waals surface area contributed by atoms with Crippen molar-refractivity contribution < 1.29 is 4.79 Å². The van der Waals surface area contributed by atoms with Crippen LogP contribution in [0.1, 0.15) is 44.2 Å². The molecule has 0 saturated carbocycles. The van der Waals surface area contributed by atoms with Crippen molar-refractivity contribution in [2.45, 2.75) is 58.5 Å². The molecule has 0 bridgehead atoms. The largest absolute Gasteiger partial charge is 0.338 e. The number of nitrogens with one attached hydrogen (secondary N) is 1. The van der Waals surface area contributed by atoms with Crippen LogP contribution in [0.15, 0.2) is 24.3 Å². The first-order valence-corrected chi connectivity index (χ1v) is 8.15. The molecule has 0 aromatic heterocycles. The quantitative estimate of drug-likeness (QED) is 0.903. The van der Waals surface area contributed by atoms with E-state index in [1.807, 2.05) is 17.0 Å². The summed E-state index contributed by atoms with van der Waals surface area (Å²) < 4.78 is 0. The normalized spacial score (nSPS) is 18.8. The number of piperidine rings is 1. The molecular weight excluding hydrogens is 260 g/mol. The summed E-state index contributed by atoms with van der Waals surface area (Å²) in [5.41, 5.74) is 2.34. The van der Waals surface area contributed by atoms with Crippen molar-refractivity contribution in [1.82, 2.24) is 10.2 Å². The molecule has 2 rings (SSSR count). The first kappa shape index (κ1) is 16.0. The van der Waals surface area contributed by atoms with Gasteiger partial charge in [-0.05, 0) is 51.3 Å². The number of hydrogen-bond donors (Lipinski definition) is 1. The number of nitrogens with zero attached hydrogens (tertiary/aromatic N) is 1. The third-order valence-electron chi connectivity index (χ3n) is 4.38. The van der Waals surface area contributed by atoms with E-state index in [-0.39, 0.29) is 11.9 Å². The number of amides is 1. The predicted molar refractivity (Wildman–Crippen MR) is 87.4 cm³/mol. The topological polar surface area (TPSA) is 32.3 Å². The Morgan fingerprint density at radius 2 is 2.10 bits per heavy atom. The van der Waals surface area contributed by atoms with Crippen molar-refractivity contribution in [2.75, 3.05) is 13.1 Å². The van der Waals surface area contributed by atoms with Gasteiger partial charge in [0.05, 0.1) is 6.42 Å². The number of hydrogen-bond acceptors (Lipinski definition) is 2. The number of carbonyl (C=O) groups is 1. The van der Waals surface area contributed by atoms with Crippen molar-refractivity contribution in [3.8, 4) is 0 Å². The zero-order valence-corrected chi connectivity index (χ0v) is 13.6. The highest BCUT2D eigenvalue weighted by Gasteiger charge is 2.22. The molecule has 3 nitrogen and oxygen atoms in total. The SMILES string of the molecule is Cc1ccccc1CC(=O)N(CC1CCCCN1)C(C)C. The van der Waals surface area contributed by atoms with Crippen LogP contribution in [0.4, 0.5) is 0 Å². The smallest absolute Gasteiger partial charge is 0.227 e. The number of benzene rings is 1. The summed E-state index contributed by atoms with van der Waals surface area (Å²) in [6.07, 6.45) is 4.23. The summed E-state index contributed by atoms with van der Waals surface area (Å²) in [6, 6.07) is 8.88. The molecule has 1 saturated heterocycles. The molecule has 1 aliphatic heterocycles. The van der Waals surface area contributed by atoms with Gasteiger partial charge < -0.3 is 10.2 Å². The second-order valence-corrected chi connectivity index (χ2v) is 6.39. The molecule has 1 N–H and O–H groups in total. The van der Waals surface area contributed by atoms with Crippen LogP contribution in [0.25, 0.3) is 0 Å². The molecule has 1 fully saturated rings. The van der Waals surface area contributed by atoms with E-state index in [9.17, 15) is 4.79 Å². The van der Waals surface area contributed by atoms with Gasteiger partial charge in [-0.2, -0.15) is 0 Å². The highest BCUT2D eigenvalue weighted by atomic mass is 16.2. The Balaban J connectivity index is 2.00. The van der Waals surface area contributed by atoms with Crippen LogP contribution in [0.3, 0.4) is 0 Å². The molecule has 0 radical (unpaired) electrons. The molecule has 21 heavy (non-hydrogen) atoms. The minimum absolute atomic E-state index is 0.242. The maximum Gasteiger partial charge on any atom is 0.227 e. The molecule has 3 heteroatoms. The second-order valence-electron chi connectivity index (χ2n) is 6.39. The summed E-state index contributed by atoms with van der Waals surface area (Å²) in [6.45, 7) is 8.22. The molecule has 0 aliphatic carbocycles. The third-order valence-corrected chi connectivity index (χ3v) is 4.38. The van der Waals surface area contributed by atoms with Crippen molar-refractivity contribution in [2.24, 2.45) is 0 Å². The minimum atomic E-state index is 0.242. The highest BCUT2D eigenvalue weighted by molar-refractivity contribution is 5.79. The molecule has 116 valence electrons. The molecule has 1 aromatic carbocycles. The molecule has 1 heterocycles. The zero-order valence-electron chi connectivity index (χ0n) is 13.6. The van der Waals surface area contributed by atoms with Crippen LogP contribution in [-0.2, 0) is 11.2 Å². The van der Waals surface area contributed by atoms with E-state index in [0.29, 0.717) is 12.5 Å². The van der Waals surface area contributed by atoms with Crippen molar-refractivity contribution in [1.29, 1.82) is 0 Å². The van der Waals surface area contributed by atoms with Gasteiger partial charge in [0.1, 0.15) is 0 Å². The minimum Gasteiger partial charge on any atom is -0.338 e. The Kier molecular flexibility index (Phi) is 5.80. The van der Waals surface area contributed by atoms with Crippen LogP contribution >= 0.6 is 0 Å². The zero-order chi connectivity index (χ0) is 15.2. The van der Waals surface area contributed by atoms with Gasteiger partial charge in [-0.25, -0.2) is 0 Å². The summed E-state index contributed by atoms with van der Waals surface area (Å²) in [4.78, 5) is 14.7.